The quantitative estimate of drug-likeness (QED) is 0.130. The van der Waals surface area contributed by atoms with E-state index >= 15 is 0 Å². The first-order valence-electron chi connectivity index (χ1n) is 13.4. The molecule has 2 aliphatic heterocycles. The predicted octanol–water partition coefficient (Wildman–Crippen LogP) is -2.12. The van der Waals surface area contributed by atoms with Gasteiger partial charge in [0, 0.05) is 23.8 Å². The fraction of sp³-hybridized carbons (Fsp3) is 0.464. The van der Waals surface area contributed by atoms with E-state index in [1.807, 2.05) is 0 Å². The van der Waals surface area contributed by atoms with Crippen LogP contribution < -0.4 is 14.9 Å². The number of rotatable bonds is 8. The third kappa shape index (κ3) is 5.92. The molecule has 44 heavy (non-hydrogen) atoms. The molecule has 0 aliphatic carbocycles. The topological polar surface area (TPSA) is 258 Å². The van der Waals surface area contributed by atoms with Crippen molar-refractivity contribution in [1.82, 2.24) is 0 Å². The van der Waals surface area contributed by atoms with Crippen molar-refractivity contribution in [1.29, 1.82) is 0 Å². The van der Waals surface area contributed by atoms with Gasteiger partial charge in [-0.2, -0.15) is 0 Å². The third-order valence-corrected chi connectivity index (χ3v) is 7.46. The smallest absolute Gasteiger partial charge is 0.229 e. The Morgan fingerprint density at radius 1 is 0.773 bits per heavy atom. The zero-order valence-electron chi connectivity index (χ0n) is 23.0. The molecule has 1 aromatic heterocycles. The number of methoxy groups -OCH3 is 1. The molecular weight excluding hydrogens is 592 g/mol. The van der Waals surface area contributed by atoms with Gasteiger partial charge in [-0.1, -0.05) is 0 Å². The van der Waals surface area contributed by atoms with Crippen LogP contribution in [0, 0.1) is 0 Å². The maximum atomic E-state index is 12.9. The number of aliphatic hydroxyl groups is 7. The van der Waals surface area contributed by atoms with Gasteiger partial charge in [0.15, 0.2) is 29.3 Å². The van der Waals surface area contributed by atoms with Crippen LogP contribution in [0.5, 0.6) is 23.0 Å². The zero-order chi connectivity index (χ0) is 31.9. The summed E-state index contributed by atoms with van der Waals surface area (Å²) in [7, 11) is 1.37. The zero-order valence-corrected chi connectivity index (χ0v) is 23.0. The Bertz CT molecular complexity index is 1520. The Hall–Kier alpha value is -3.55. The van der Waals surface area contributed by atoms with Crippen molar-refractivity contribution < 1.29 is 74.1 Å². The highest BCUT2D eigenvalue weighted by atomic mass is 16.8. The molecule has 3 heterocycles. The van der Waals surface area contributed by atoms with Crippen LogP contribution in [-0.4, -0.2) is 128 Å². The highest BCUT2D eigenvalue weighted by Crippen LogP contribution is 2.36. The third-order valence-electron chi connectivity index (χ3n) is 7.46. The Kier molecular flexibility index (Phi) is 9.28. The molecule has 0 spiro atoms. The lowest BCUT2D eigenvalue weighted by atomic mass is 9.97. The number of hydrogen-bond acceptors (Lipinski definition) is 16. The summed E-state index contributed by atoms with van der Waals surface area (Å²) < 4.78 is 33.2. The van der Waals surface area contributed by atoms with Gasteiger partial charge >= 0.3 is 0 Å². The molecule has 2 aliphatic rings. The van der Waals surface area contributed by atoms with Crippen molar-refractivity contribution in [2.75, 3.05) is 20.3 Å². The first kappa shape index (κ1) is 31.9. The van der Waals surface area contributed by atoms with E-state index < -0.39 is 85.8 Å². The van der Waals surface area contributed by atoms with Crippen LogP contribution in [0.4, 0.5) is 0 Å². The fourth-order valence-corrected chi connectivity index (χ4v) is 5.06. The molecule has 3 aromatic rings. The van der Waals surface area contributed by atoms with E-state index in [0.29, 0.717) is 5.56 Å². The summed E-state index contributed by atoms with van der Waals surface area (Å²) in [6, 6.07) is 7.66. The first-order chi connectivity index (χ1) is 21.0. The summed E-state index contributed by atoms with van der Waals surface area (Å²) in [5, 5.41) is 91.7. The first-order valence-corrected chi connectivity index (χ1v) is 13.4. The van der Waals surface area contributed by atoms with E-state index in [1.165, 1.54) is 31.4 Å². The molecule has 2 fully saturated rings. The van der Waals surface area contributed by atoms with Crippen molar-refractivity contribution in [2.24, 2.45) is 0 Å². The van der Waals surface area contributed by atoms with Crippen LogP contribution >= 0.6 is 0 Å². The molecule has 16 heteroatoms. The number of phenolic OH excluding ortho intramolecular Hbond substituents is 2. The van der Waals surface area contributed by atoms with Crippen molar-refractivity contribution in [3.8, 4) is 34.3 Å². The molecule has 240 valence electrons. The van der Waals surface area contributed by atoms with Crippen molar-refractivity contribution in [2.45, 2.75) is 61.4 Å². The Labute approximate surface area is 248 Å². The molecule has 0 radical (unpaired) electrons. The number of ether oxygens (including phenoxy) is 5. The minimum absolute atomic E-state index is 0.0219. The second-order valence-corrected chi connectivity index (χ2v) is 10.3. The minimum Gasteiger partial charge on any atom is -0.507 e. The summed E-state index contributed by atoms with van der Waals surface area (Å²) in [4.78, 5) is 12.9. The van der Waals surface area contributed by atoms with Crippen molar-refractivity contribution >= 4 is 11.0 Å². The van der Waals surface area contributed by atoms with Crippen LogP contribution in [0.25, 0.3) is 22.3 Å². The molecule has 0 unspecified atom stereocenters. The summed E-state index contributed by atoms with van der Waals surface area (Å²) >= 11 is 0. The van der Waals surface area contributed by atoms with E-state index in [0.717, 1.165) is 12.1 Å². The summed E-state index contributed by atoms with van der Waals surface area (Å²) in [5.41, 5.74) is -0.476. The van der Waals surface area contributed by atoms with Gasteiger partial charge < -0.3 is 74.1 Å². The highest BCUT2D eigenvalue weighted by molar-refractivity contribution is 5.86. The van der Waals surface area contributed by atoms with Gasteiger partial charge in [-0.05, 0) is 18.2 Å². The largest absolute Gasteiger partial charge is 0.507 e. The molecule has 10 atom stereocenters. The average molecular weight is 625 g/mol. The number of benzene rings is 2. The van der Waals surface area contributed by atoms with E-state index in [-0.39, 0.29) is 34.0 Å². The second kappa shape index (κ2) is 12.8. The number of phenols is 2. The normalized spacial score (nSPS) is 32.5. The lowest BCUT2D eigenvalue weighted by molar-refractivity contribution is -0.357. The van der Waals surface area contributed by atoms with Crippen LogP contribution in [0.3, 0.4) is 0 Å². The Balaban J connectivity index is 1.48. The average Bonchev–Trinajstić information content (AvgIpc) is 3.00. The van der Waals surface area contributed by atoms with E-state index in [2.05, 4.69) is 0 Å². The summed E-state index contributed by atoms with van der Waals surface area (Å²) in [5.74, 6) is -0.760. The molecular formula is C28H32O16. The predicted molar refractivity (Wildman–Crippen MR) is 145 cm³/mol. The minimum atomic E-state index is -1.87. The Morgan fingerprint density at radius 3 is 2.07 bits per heavy atom. The monoisotopic (exact) mass is 624 g/mol. The van der Waals surface area contributed by atoms with Crippen LogP contribution in [-0.2, 0) is 14.2 Å². The lowest BCUT2D eigenvalue weighted by Gasteiger charge is -2.45. The SMILES string of the molecule is COc1ccc(-c2cc(=O)c3c(O)cc(O[C@H]4O[C@@H](CO)[C@H](O)[C@@H](O)[C@@H]4O[C@@H]4O[C@@H](CO)[C@H](O)[C@H](O)[C@@H]4O)cc3o2)cc1O. The van der Waals surface area contributed by atoms with Gasteiger partial charge in [0.2, 0.25) is 6.29 Å². The maximum absolute atomic E-state index is 12.9. The van der Waals surface area contributed by atoms with Crippen LogP contribution in [0.2, 0.25) is 0 Å². The maximum Gasteiger partial charge on any atom is 0.229 e. The van der Waals surface area contributed by atoms with E-state index in [1.54, 1.807) is 0 Å². The second-order valence-electron chi connectivity index (χ2n) is 10.3. The summed E-state index contributed by atoms with van der Waals surface area (Å²) in [6.07, 6.45) is -16.8. The number of aliphatic hydroxyl groups excluding tert-OH is 7. The van der Waals surface area contributed by atoms with Gasteiger partial charge in [-0.15, -0.1) is 0 Å². The number of hydrogen-bond donors (Lipinski definition) is 9. The molecule has 9 N–H and O–H groups in total. The van der Waals surface area contributed by atoms with Crippen molar-refractivity contribution in [3.05, 3.63) is 46.6 Å². The molecule has 0 amide bonds. The fourth-order valence-electron chi connectivity index (χ4n) is 5.06. The van der Waals surface area contributed by atoms with E-state index in [9.17, 15) is 50.8 Å². The van der Waals surface area contributed by atoms with Gasteiger partial charge in [-0.25, -0.2) is 0 Å². The van der Waals surface area contributed by atoms with Crippen LogP contribution in [0.1, 0.15) is 0 Å². The van der Waals surface area contributed by atoms with Gasteiger partial charge in [0.25, 0.3) is 0 Å². The highest BCUT2D eigenvalue weighted by Gasteiger charge is 2.51. The molecule has 2 aromatic carbocycles. The lowest BCUT2D eigenvalue weighted by Crippen LogP contribution is -2.65. The number of fused-ring (bicyclic) bond motifs is 1. The molecule has 0 saturated carbocycles. The van der Waals surface area contributed by atoms with E-state index in [4.69, 9.17) is 28.1 Å². The van der Waals surface area contributed by atoms with Crippen LogP contribution in [0.15, 0.2) is 45.6 Å². The Morgan fingerprint density at radius 2 is 1.43 bits per heavy atom. The molecule has 16 nitrogen and oxygen atoms in total. The van der Waals surface area contributed by atoms with Crippen molar-refractivity contribution in [3.63, 3.8) is 0 Å². The molecule has 2 saturated heterocycles. The van der Waals surface area contributed by atoms with Gasteiger partial charge in [-0.3, -0.25) is 4.79 Å². The summed E-state index contributed by atoms with van der Waals surface area (Å²) in [6.45, 7) is -1.52. The molecule has 5 rings (SSSR count). The van der Waals surface area contributed by atoms with Gasteiger partial charge in [0.05, 0.1) is 20.3 Å². The number of aromatic hydroxyl groups is 2. The standard InChI is InChI=1S/C28H32O16/c1-39-15-3-2-10(4-12(15)31)16-7-14(33)20-13(32)5-11(6-17(20)41-16)40-28-26(24(37)22(35)19(9-30)43-28)44-27-25(38)23(36)21(34)18(8-29)42-27/h2-7,18-19,21-32,34-38H,8-9H2,1H3/t18-,19-,21-,22-,23-,24+,25-,26-,27-,28-/m0/s1. The molecule has 0 bridgehead atoms. The van der Waals surface area contributed by atoms with Gasteiger partial charge in [0.1, 0.15) is 71.0 Å².